The van der Waals surface area contributed by atoms with Gasteiger partial charge in [-0.2, -0.15) is 0 Å². The maximum atomic E-state index is 11.0. The molecule has 15 heavy (non-hydrogen) atoms. The molecule has 0 radical (unpaired) electrons. The molecule has 4 amide bonds. The Hall–Kier alpha value is -1.56. The zero-order valence-electron chi connectivity index (χ0n) is 7.58. The third kappa shape index (κ3) is 2.27. The summed E-state index contributed by atoms with van der Waals surface area (Å²) in [6.45, 7) is 0. The Kier molecular flexibility index (Phi) is 2.59. The van der Waals surface area contributed by atoms with Gasteiger partial charge in [0.05, 0.1) is 0 Å². The number of carbonyl (C=O) groups excluding carboxylic acids is 2. The van der Waals surface area contributed by atoms with Crippen LogP contribution >= 0.6 is 15.9 Å². The van der Waals surface area contributed by atoms with Gasteiger partial charge in [0.15, 0.2) is 0 Å². The first-order valence-electron chi connectivity index (χ1n) is 4.28. The average Bonchev–Trinajstić information content (AvgIpc) is 2.16. The van der Waals surface area contributed by atoms with Crippen LogP contribution in [0.5, 0.6) is 0 Å². The van der Waals surface area contributed by atoms with Crippen molar-refractivity contribution in [1.29, 1.82) is 0 Å². The molecular formula is C9H8BrN3O2. The summed E-state index contributed by atoms with van der Waals surface area (Å²) < 4.78 is 0.891. The number of rotatable bonds is 1. The first-order valence-corrected chi connectivity index (χ1v) is 5.08. The number of carbonyl (C=O) groups is 2. The Morgan fingerprint density at radius 3 is 2.40 bits per heavy atom. The van der Waals surface area contributed by atoms with Crippen molar-refractivity contribution in [2.45, 2.75) is 6.17 Å². The molecule has 1 aromatic carbocycles. The zero-order chi connectivity index (χ0) is 10.8. The van der Waals surface area contributed by atoms with Crippen molar-refractivity contribution < 1.29 is 9.59 Å². The molecule has 1 aromatic rings. The van der Waals surface area contributed by atoms with E-state index in [1.165, 1.54) is 0 Å². The molecule has 78 valence electrons. The maximum Gasteiger partial charge on any atom is 0.324 e. The first-order chi connectivity index (χ1) is 7.15. The van der Waals surface area contributed by atoms with E-state index in [0.29, 0.717) is 0 Å². The van der Waals surface area contributed by atoms with Gasteiger partial charge in [-0.3, -0.25) is 5.32 Å². The Balaban J connectivity index is 2.23. The molecule has 0 bridgehead atoms. The van der Waals surface area contributed by atoms with E-state index in [0.717, 1.165) is 10.0 Å². The molecule has 0 atom stereocenters. The van der Waals surface area contributed by atoms with Gasteiger partial charge in [-0.15, -0.1) is 0 Å². The van der Waals surface area contributed by atoms with Crippen LogP contribution in [-0.4, -0.2) is 12.1 Å². The van der Waals surface area contributed by atoms with Crippen LogP contribution in [0.25, 0.3) is 0 Å². The summed E-state index contributed by atoms with van der Waals surface area (Å²) in [5, 5.41) is 7.26. The maximum absolute atomic E-state index is 11.0. The fourth-order valence-electron chi connectivity index (χ4n) is 1.33. The SMILES string of the molecule is O=C1NC(=O)NC(c2cccc(Br)c2)N1. The third-order valence-electron chi connectivity index (χ3n) is 1.96. The predicted molar refractivity (Wildman–Crippen MR) is 57.1 cm³/mol. The number of halogens is 1. The molecule has 1 aliphatic heterocycles. The number of nitrogens with one attached hydrogen (secondary N) is 3. The van der Waals surface area contributed by atoms with Gasteiger partial charge in [-0.1, -0.05) is 28.1 Å². The highest BCUT2D eigenvalue weighted by Gasteiger charge is 2.23. The number of urea groups is 2. The third-order valence-corrected chi connectivity index (χ3v) is 2.45. The van der Waals surface area contributed by atoms with Crippen LogP contribution in [0.2, 0.25) is 0 Å². The number of benzene rings is 1. The molecule has 0 aliphatic carbocycles. The summed E-state index contributed by atoms with van der Waals surface area (Å²) in [5.41, 5.74) is 0.813. The topological polar surface area (TPSA) is 70.2 Å². The minimum Gasteiger partial charge on any atom is -0.313 e. The minimum atomic E-state index is -0.497. The molecule has 3 N–H and O–H groups in total. The van der Waals surface area contributed by atoms with Crippen molar-refractivity contribution in [2.24, 2.45) is 0 Å². The van der Waals surface area contributed by atoms with Crippen molar-refractivity contribution in [3.8, 4) is 0 Å². The lowest BCUT2D eigenvalue weighted by atomic mass is 10.1. The standard InChI is InChI=1S/C9H8BrN3O2/c10-6-3-1-2-5(4-6)7-11-8(14)13-9(15)12-7/h1-4,7H,(H3,11,12,13,14,15). The normalized spacial score (nSPS) is 16.6. The van der Waals surface area contributed by atoms with Crippen molar-refractivity contribution >= 4 is 28.0 Å². The first kappa shape index (κ1) is 9.97. The number of hydrogen-bond acceptors (Lipinski definition) is 2. The van der Waals surface area contributed by atoms with E-state index >= 15 is 0 Å². The molecule has 0 unspecified atom stereocenters. The van der Waals surface area contributed by atoms with Crippen molar-refractivity contribution in [3.63, 3.8) is 0 Å². The lowest BCUT2D eigenvalue weighted by Gasteiger charge is -2.25. The lowest BCUT2D eigenvalue weighted by Crippen LogP contribution is -2.56. The predicted octanol–water partition coefficient (Wildman–Crippen LogP) is 1.47. The summed E-state index contributed by atoms with van der Waals surface area (Å²) in [7, 11) is 0. The van der Waals surface area contributed by atoms with Gasteiger partial charge in [0.2, 0.25) is 0 Å². The number of imide groups is 1. The average molecular weight is 270 g/mol. The fourth-order valence-corrected chi connectivity index (χ4v) is 1.74. The van der Waals surface area contributed by atoms with Crippen LogP contribution in [-0.2, 0) is 0 Å². The Labute approximate surface area is 94.4 Å². The van der Waals surface area contributed by atoms with Crippen LogP contribution in [0, 0.1) is 0 Å². The summed E-state index contributed by atoms with van der Waals surface area (Å²) in [6, 6.07) is 6.36. The van der Waals surface area contributed by atoms with Crippen LogP contribution in [0.15, 0.2) is 28.7 Å². The molecule has 1 aliphatic rings. The Morgan fingerprint density at radius 1 is 1.13 bits per heavy atom. The van der Waals surface area contributed by atoms with Crippen LogP contribution < -0.4 is 16.0 Å². The quantitative estimate of drug-likeness (QED) is 0.723. The summed E-state index contributed by atoms with van der Waals surface area (Å²) in [5.74, 6) is 0. The van der Waals surface area contributed by atoms with E-state index in [2.05, 4.69) is 31.9 Å². The second-order valence-corrected chi connectivity index (χ2v) is 3.98. The van der Waals surface area contributed by atoms with Gasteiger partial charge in [0.1, 0.15) is 6.17 Å². The van der Waals surface area contributed by atoms with Gasteiger partial charge in [-0.25, -0.2) is 9.59 Å². The molecule has 2 rings (SSSR count). The van der Waals surface area contributed by atoms with E-state index in [9.17, 15) is 9.59 Å². The lowest BCUT2D eigenvalue weighted by molar-refractivity contribution is 0.209. The van der Waals surface area contributed by atoms with Gasteiger partial charge >= 0.3 is 12.1 Å². The Bertz CT molecular complexity index is 406. The van der Waals surface area contributed by atoms with E-state index in [1.807, 2.05) is 24.3 Å². The van der Waals surface area contributed by atoms with E-state index in [-0.39, 0.29) is 0 Å². The van der Waals surface area contributed by atoms with Gasteiger partial charge in [0.25, 0.3) is 0 Å². The molecule has 1 heterocycles. The van der Waals surface area contributed by atoms with Gasteiger partial charge in [0, 0.05) is 4.47 Å². The van der Waals surface area contributed by atoms with Gasteiger partial charge < -0.3 is 10.6 Å². The number of amides is 4. The molecule has 1 saturated heterocycles. The number of hydrogen-bond donors (Lipinski definition) is 3. The van der Waals surface area contributed by atoms with E-state index in [1.54, 1.807) is 0 Å². The highest BCUT2D eigenvalue weighted by atomic mass is 79.9. The highest BCUT2D eigenvalue weighted by Crippen LogP contribution is 2.17. The zero-order valence-corrected chi connectivity index (χ0v) is 9.17. The molecule has 6 heteroatoms. The van der Waals surface area contributed by atoms with Gasteiger partial charge in [-0.05, 0) is 17.7 Å². The molecule has 0 spiro atoms. The summed E-state index contributed by atoms with van der Waals surface area (Å²) in [4.78, 5) is 22.1. The molecule has 0 saturated carbocycles. The van der Waals surface area contributed by atoms with Crippen molar-refractivity contribution in [2.75, 3.05) is 0 Å². The van der Waals surface area contributed by atoms with Crippen LogP contribution in [0.4, 0.5) is 9.59 Å². The smallest absolute Gasteiger partial charge is 0.313 e. The van der Waals surface area contributed by atoms with Crippen molar-refractivity contribution in [1.82, 2.24) is 16.0 Å². The fraction of sp³-hybridized carbons (Fsp3) is 0.111. The molecule has 5 nitrogen and oxygen atoms in total. The highest BCUT2D eigenvalue weighted by molar-refractivity contribution is 9.10. The summed E-state index contributed by atoms with van der Waals surface area (Å²) in [6.07, 6.45) is -0.483. The molecular weight excluding hydrogens is 262 g/mol. The van der Waals surface area contributed by atoms with E-state index < -0.39 is 18.2 Å². The Morgan fingerprint density at radius 2 is 1.80 bits per heavy atom. The van der Waals surface area contributed by atoms with Crippen LogP contribution in [0.1, 0.15) is 11.7 Å². The van der Waals surface area contributed by atoms with Crippen LogP contribution in [0.3, 0.4) is 0 Å². The second kappa shape index (κ2) is 3.90. The summed E-state index contributed by atoms with van der Waals surface area (Å²) >= 11 is 3.32. The minimum absolute atomic E-state index is 0.483. The molecule has 1 fully saturated rings. The van der Waals surface area contributed by atoms with Crippen molar-refractivity contribution in [3.05, 3.63) is 34.3 Å². The van der Waals surface area contributed by atoms with E-state index in [4.69, 9.17) is 0 Å². The second-order valence-electron chi connectivity index (χ2n) is 3.06. The monoisotopic (exact) mass is 269 g/mol. The largest absolute Gasteiger partial charge is 0.324 e. The molecule has 0 aromatic heterocycles.